The molecule has 2 aromatic rings. The van der Waals surface area contributed by atoms with Crippen LogP contribution < -0.4 is 19.6 Å². The Balaban J connectivity index is 1.50. The van der Waals surface area contributed by atoms with E-state index < -0.39 is 11.7 Å². The van der Waals surface area contributed by atoms with E-state index in [4.69, 9.17) is 14.2 Å². The van der Waals surface area contributed by atoms with E-state index >= 15 is 0 Å². The molecule has 0 saturated carbocycles. The normalized spacial score (nSPS) is 12.4. The summed E-state index contributed by atoms with van der Waals surface area (Å²) >= 11 is 0. The topological polar surface area (TPSA) is 69.2 Å². The summed E-state index contributed by atoms with van der Waals surface area (Å²) in [7, 11) is 0. The predicted molar refractivity (Wildman–Crippen MR) is 80.2 cm³/mol. The monoisotopic (exact) mass is 316 g/mol. The summed E-state index contributed by atoms with van der Waals surface area (Å²) in [6.45, 7) is -0.139. The second-order valence-electron chi connectivity index (χ2n) is 4.62. The highest BCUT2D eigenvalue weighted by Gasteiger charge is 2.12. The molecule has 0 radical (unpaired) electrons. The molecule has 23 heavy (non-hydrogen) atoms. The van der Waals surface area contributed by atoms with E-state index in [0.29, 0.717) is 11.5 Å². The van der Waals surface area contributed by atoms with Gasteiger partial charge in [-0.1, -0.05) is 12.1 Å². The molecule has 1 aliphatic rings. The zero-order valence-electron chi connectivity index (χ0n) is 12.0. The van der Waals surface area contributed by atoms with Crippen LogP contribution in [0.3, 0.4) is 0 Å². The molecule has 1 aliphatic heterocycles. The van der Waals surface area contributed by atoms with Crippen LogP contribution in [-0.2, 0) is 4.79 Å². The molecule has 2 aromatic carbocycles. The first-order valence-electron chi connectivity index (χ1n) is 6.81. The molecule has 118 valence electrons. The Kier molecular flexibility index (Phi) is 4.37. The maximum absolute atomic E-state index is 13.3. The summed E-state index contributed by atoms with van der Waals surface area (Å²) in [5, 5.41) is 3.81. The number of carbonyl (C=O) groups is 1. The van der Waals surface area contributed by atoms with Crippen molar-refractivity contribution in [3.63, 3.8) is 0 Å². The lowest BCUT2D eigenvalue weighted by Crippen LogP contribution is -2.24. The van der Waals surface area contributed by atoms with E-state index in [-0.39, 0.29) is 19.1 Å². The quantitative estimate of drug-likeness (QED) is 0.677. The molecule has 1 heterocycles. The van der Waals surface area contributed by atoms with Crippen molar-refractivity contribution in [2.24, 2.45) is 5.10 Å². The van der Waals surface area contributed by atoms with Crippen LogP contribution in [0.4, 0.5) is 4.39 Å². The van der Waals surface area contributed by atoms with Crippen molar-refractivity contribution < 1.29 is 23.4 Å². The number of halogens is 1. The summed E-state index contributed by atoms with van der Waals surface area (Å²) in [5.74, 6) is 0.296. The Hall–Kier alpha value is -3.09. The summed E-state index contributed by atoms with van der Waals surface area (Å²) in [6.07, 6.45) is 1.46. The first-order valence-corrected chi connectivity index (χ1v) is 6.81. The summed E-state index contributed by atoms with van der Waals surface area (Å²) < 4.78 is 28.8. The van der Waals surface area contributed by atoms with Crippen molar-refractivity contribution in [1.82, 2.24) is 5.43 Å². The van der Waals surface area contributed by atoms with Crippen molar-refractivity contribution in [3.8, 4) is 17.2 Å². The van der Waals surface area contributed by atoms with E-state index in [9.17, 15) is 9.18 Å². The third-order valence-electron chi connectivity index (χ3n) is 2.99. The number of rotatable bonds is 5. The molecule has 0 saturated heterocycles. The van der Waals surface area contributed by atoms with Gasteiger partial charge in [-0.15, -0.1) is 0 Å². The highest BCUT2D eigenvalue weighted by Crippen LogP contribution is 2.31. The van der Waals surface area contributed by atoms with Crippen LogP contribution in [0.1, 0.15) is 5.56 Å². The highest BCUT2D eigenvalue weighted by atomic mass is 19.1. The van der Waals surface area contributed by atoms with E-state index in [1.54, 1.807) is 24.3 Å². The number of benzene rings is 2. The zero-order valence-corrected chi connectivity index (χ0v) is 12.0. The standard InChI is InChI=1S/C16H13FN2O4/c17-12-3-1-2-4-13(12)21-9-16(20)19-18-8-11-5-6-14-15(7-11)23-10-22-14/h1-8H,9-10H2,(H,19,20)/b18-8-. The van der Waals surface area contributed by atoms with Gasteiger partial charge >= 0.3 is 0 Å². The number of hydrogen-bond donors (Lipinski definition) is 1. The minimum Gasteiger partial charge on any atom is -0.481 e. The predicted octanol–water partition coefficient (Wildman–Crippen LogP) is 2.08. The number of amides is 1. The number of nitrogens with zero attached hydrogens (tertiary/aromatic N) is 1. The van der Waals surface area contributed by atoms with Crippen LogP contribution in [0.5, 0.6) is 17.2 Å². The largest absolute Gasteiger partial charge is 0.481 e. The molecule has 0 aliphatic carbocycles. The molecule has 3 rings (SSSR count). The number of para-hydroxylation sites is 1. The molecule has 0 spiro atoms. The van der Waals surface area contributed by atoms with Gasteiger partial charge in [-0.2, -0.15) is 5.10 Å². The van der Waals surface area contributed by atoms with Crippen molar-refractivity contribution >= 4 is 12.1 Å². The Morgan fingerprint density at radius 3 is 2.96 bits per heavy atom. The number of hydrogen-bond acceptors (Lipinski definition) is 5. The van der Waals surface area contributed by atoms with Gasteiger partial charge in [0.2, 0.25) is 6.79 Å². The first kappa shape index (κ1) is 14.8. The maximum Gasteiger partial charge on any atom is 0.277 e. The van der Waals surface area contributed by atoms with Crippen LogP contribution in [0.2, 0.25) is 0 Å². The lowest BCUT2D eigenvalue weighted by molar-refractivity contribution is -0.123. The Bertz CT molecular complexity index is 749. The van der Waals surface area contributed by atoms with Gasteiger partial charge in [-0.25, -0.2) is 9.82 Å². The van der Waals surface area contributed by atoms with Crippen LogP contribution in [-0.4, -0.2) is 25.5 Å². The molecule has 6 nitrogen and oxygen atoms in total. The molecule has 0 aromatic heterocycles. The van der Waals surface area contributed by atoms with Gasteiger partial charge in [-0.3, -0.25) is 4.79 Å². The zero-order chi connectivity index (χ0) is 16.1. The number of hydrazone groups is 1. The van der Waals surface area contributed by atoms with E-state index in [1.807, 2.05) is 0 Å². The minimum atomic E-state index is -0.524. The van der Waals surface area contributed by atoms with Crippen molar-refractivity contribution in [2.45, 2.75) is 0 Å². The Morgan fingerprint density at radius 2 is 2.09 bits per heavy atom. The average molecular weight is 316 g/mol. The van der Waals surface area contributed by atoms with Gasteiger partial charge in [0, 0.05) is 0 Å². The fourth-order valence-corrected chi connectivity index (χ4v) is 1.91. The first-order chi connectivity index (χ1) is 11.2. The van der Waals surface area contributed by atoms with E-state index in [0.717, 1.165) is 5.56 Å². The minimum absolute atomic E-state index is 0.0161. The van der Waals surface area contributed by atoms with Crippen LogP contribution >= 0.6 is 0 Å². The molecular weight excluding hydrogens is 303 g/mol. The number of ether oxygens (including phenoxy) is 3. The molecule has 0 atom stereocenters. The number of fused-ring (bicyclic) bond motifs is 1. The molecule has 0 unspecified atom stereocenters. The smallest absolute Gasteiger partial charge is 0.277 e. The molecule has 1 amide bonds. The highest BCUT2D eigenvalue weighted by molar-refractivity contribution is 5.83. The summed E-state index contributed by atoms with van der Waals surface area (Å²) in [5.41, 5.74) is 3.04. The third kappa shape index (κ3) is 3.76. The lowest BCUT2D eigenvalue weighted by atomic mass is 10.2. The Morgan fingerprint density at radius 1 is 1.26 bits per heavy atom. The second kappa shape index (κ2) is 6.78. The summed E-state index contributed by atoms with van der Waals surface area (Å²) in [4.78, 5) is 11.6. The van der Waals surface area contributed by atoms with Gasteiger partial charge in [0.05, 0.1) is 6.21 Å². The molecule has 1 N–H and O–H groups in total. The maximum atomic E-state index is 13.3. The number of nitrogens with one attached hydrogen (secondary N) is 1. The lowest BCUT2D eigenvalue weighted by Gasteiger charge is -2.05. The van der Waals surface area contributed by atoms with Crippen molar-refractivity contribution in [3.05, 3.63) is 53.8 Å². The van der Waals surface area contributed by atoms with E-state index in [2.05, 4.69) is 10.5 Å². The Labute approximate surface area is 131 Å². The van der Waals surface area contributed by atoms with Crippen LogP contribution in [0.15, 0.2) is 47.6 Å². The molecule has 7 heteroatoms. The van der Waals surface area contributed by atoms with E-state index in [1.165, 1.54) is 24.4 Å². The number of carbonyl (C=O) groups excluding carboxylic acids is 1. The SMILES string of the molecule is O=C(COc1ccccc1F)N/N=C\c1ccc2c(c1)OCO2. The van der Waals surface area contributed by atoms with Crippen LogP contribution in [0.25, 0.3) is 0 Å². The third-order valence-corrected chi connectivity index (χ3v) is 2.99. The van der Waals surface area contributed by atoms with Gasteiger partial charge in [0.1, 0.15) is 0 Å². The molecule has 0 fully saturated rings. The van der Waals surface area contributed by atoms with Gasteiger partial charge in [-0.05, 0) is 35.9 Å². The van der Waals surface area contributed by atoms with Gasteiger partial charge < -0.3 is 14.2 Å². The molecule has 0 bridgehead atoms. The fraction of sp³-hybridized carbons (Fsp3) is 0.125. The van der Waals surface area contributed by atoms with Crippen LogP contribution in [0, 0.1) is 5.82 Å². The second-order valence-corrected chi connectivity index (χ2v) is 4.62. The van der Waals surface area contributed by atoms with Gasteiger partial charge in [0.15, 0.2) is 29.7 Å². The molecular formula is C16H13FN2O4. The average Bonchev–Trinajstić information content (AvgIpc) is 3.02. The fourth-order valence-electron chi connectivity index (χ4n) is 1.91. The van der Waals surface area contributed by atoms with Crippen molar-refractivity contribution in [1.29, 1.82) is 0 Å². The van der Waals surface area contributed by atoms with Gasteiger partial charge in [0.25, 0.3) is 5.91 Å². The van der Waals surface area contributed by atoms with Crippen molar-refractivity contribution in [2.75, 3.05) is 13.4 Å². The summed E-state index contributed by atoms with van der Waals surface area (Å²) in [6, 6.07) is 11.1.